The molecule has 2 aliphatic rings. The number of carbonyl (C=O) groups is 2. The van der Waals surface area contributed by atoms with Gasteiger partial charge in [0.1, 0.15) is 5.82 Å². The van der Waals surface area contributed by atoms with Gasteiger partial charge in [-0.3, -0.25) is 9.59 Å². The van der Waals surface area contributed by atoms with Crippen LogP contribution in [-0.4, -0.2) is 54.4 Å². The Morgan fingerprint density at radius 2 is 1.88 bits per heavy atom. The van der Waals surface area contributed by atoms with Crippen molar-refractivity contribution in [2.45, 2.75) is 0 Å². The minimum absolute atomic E-state index is 0.0108. The standard InChI is InChI=1S/C18H19N5O2/c24-17-12-20-14-5-4-13(11-15(14)21-17)18(25)23-9-7-22(8-10-23)16-3-1-2-6-19-16/h1-6,11,20H,7-10,12H2,(H,21,24). The monoisotopic (exact) mass is 337 g/mol. The van der Waals surface area contributed by atoms with Gasteiger partial charge in [-0.1, -0.05) is 6.07 Å². The van der Waals surface area contributed by atoms with Crippen LogP contribution in [0.1, 0.15) is 10.4 Å². The molecule has 1 aromatic carbocycles. The lowest BCUT2D eigenvalue weighted by Crippen LogP contribution is -2.49. The van der Waals surface area contributed by atoms with Crippen molar-refractivity contribution in [1.82, 2.24) is 9.88 Å². The summed E-state index contributed by atoms with van der Waals surface area (Å²) in [4.78, 5) is 32.7. The summed E-state index contributed by atoms with van der Waals surface area (Å²) in [6, 6.07) is 11.2. The average molecular weight is 337 g/mol. The molecule has 0 aliphatic carbocycles. The van der Waals surface area contributed by atoms with Gasteiger partial charge >= 0.3 is 0 Å². The molecule has 1 aromatic heterocycles. The molecule has 0 bridgehead atoms. The van der Waals surface area contributed by atoms with Gasteiger partial charge in [0.15, 0.2) is 0 Å². The molecule has 7 heteroatoms. The highest BCUT2D eigenvalue weighted by Crippen LogP contribution is 2.26. The zero-order valence-electron chi connectivity index (χ0n) is 13.7. The van der Waals surface area contributed by atoms with Crippen LogP contribution in [0.3, 0.4) is 0 Å². The van der Waals surface area contributed by atoms with Crippen molar-refractivity contribution in [3.05, 3.63) is 48.2 Å². The van der Waals surface area contributed by atoms with E-state index >= 15 is 0 Å². The van der Waals surface area contributed by atoms with Gasteiger partial charge in [0.05, 0.1) is 17.9 Å². The maximum atomic E-state index is 12.8. The van der Waals surface area contributed by atoms with E-state index in [1.54, 1.807) is 18.3 Å². The average Bonchev–Trinajstić information content (AvgIpc) is 2.67. The molecule has 0 spiro atoms. The Balaban J connectivity index is 1.44. The largest absolute Gasteiger partial charge is 0.374 e. The second-order valence-electron chi connectivity index (χ2n) is 6.13. The number of hydrogen-bond donors (Lipinski definition) is 2. The van der Waals surface area contributed by atoms with Gasteiger partial charge in [0.2, 0.25) is 5.91 Å². The molecule has 2 aliphatic heterocycles. The Bertz CT molecular complexity index is 800. The summed E-state index contributed by atoms with van der Waals surface area (Å²) in [6.45, 7) is 3.07. The first-order valence-corrected chi connectivity index (χ1v) is 8.34. The number of rotatable bonds is 2. The zero-order valence-corrected chi connectivity index (χ0v) is 13.7. The predicted octanol–water partition coefficient (Wildman–Crippen LogP) is 1.41. The maximum absolute atomic E-state index is 12.8. The summed E-state index contributed by atoms with van der Waals surface area (Å²) >= 11 is 0. The summed E-state index contributed by atoms with van der Waals surface area (Å²) in [5.41, 5.74) is 2.10. The van der Waals surface area contributed by atoms with E-state index in [0.717, 1.165) is 24.6 Å². The molecule has 0 saturated carbocycles. The molecule has 25 heavy (non-hydrogen) atoms. The van der Waals surface area contributed by atoms with Gasteiger partial charge in [-0.25, -0.2) is 4.98 Å². The van der Waals surface area contributed by atoms with E-state index < -0.39 is 0 Å². The number of carbonyl (C=O) groups excluding carboxylic acids is 2. The van der Waals surface area contributed by atoms with E-state index in [0.29, 0.717) is 24.3 Å². The number of pyridine rings is 1. The molecule has 1 saturated heterocycles. The van der Waals surface area contributed by atoms with Crippen LogP contribution in [0, 0.1) is 0 Å². The van der Waals surface area contributed by atoms with Gasteiger partial charge in [-0.05, 0) is 30.3 Å². The molecular formula is C18H19N5O2. The lowest BCUT2D eigenvalue weighted by molar-refractivity contribution is -0.114. The smallest absolute Gasteiger partial charge is 0.254 e. The Kier molecular flexibility index (Phi) is 3.97. The first-order valence-electron chi connectivity index (χ1n) is 8.34. The first kappa shape index (κ1) is 15.4. The van der Waals surface area contributed by atoms with E-state index in [-0.39, 0.29) is 18.4 Å². The van der Waals surface area contributed by atoms with Crippen molar-refractivity contribution in [3.63, 3.8) is 0 Å². The summed E-state index contributed by atoms with van der Waals surface area (Å²) < 4.78 is 0. The van der Waals surface area contributed by atoms with Crippen molar-refractivity contribution < 1.29 is 9.59 Å². The molecule has 2 aromatic rings. The molecule has 0 atom stereocenters. The number of nitrogens with one attached hydrogen (secondary N) is 2. The molecule has 1 fully saturated rings. The van der Waals surface area contributed by atoms with Crippen molar-refractivity contribution in [1.29, 1.82) is 0 Å². The van der Waals surface area contributed by atoms with E-state index in [2.05, 4.69) is 20.5 Å². The van der Waals surface area contributed by atoms with Crippen LogP contribution in [0.15, 0.2) is 42.6 Å². The van der Waals surface area contributed by atoms with Crippen LogP contribution in [0.25, 0.3) is 0 Å². The van der Waals surface area contributed by atoms with Crippen LogP contribution >= 0.6 is 0 Å². The van der Waals surface area contributed by atoms with Gasteiger partial charge < -0.3 is 20.4 Å². The Labute approximate surface area is 145 Å². The minimum Gasteiger partial charge on any atom is -0.374 e. The molecule has 2 amide bonds. The SMILES string of the molecule is O=C1CNc2ccc(C(=O)N3CCN(c4ccccn4)CC3)cc2N1. The Hall–Kier alpha value is -3.09. The van der Waals surface area contributed by atoms with Crippen molar-refractivity contribution in [3.8, 4) is 0 Å². The molecule has 0 unspecified atom stereocenters. The topological polar surface area (TPSA) is 77.6 Å². The minimum atomic E-state index is -0.0962. The second kappa shape index (κ2) is 6.43. The first-order chi connectivity index (χ1) is 12.2. The van der Waals surface area contributed by atoms with Crippen LogP contribution in [0.5, 0.6) is 0 Å². The number of piperazine rings is 1. The Morgan fingerprint density at radius 1 is 1.04 bits per heavy atom. The van der Waals surface area contributed by atoms with Crippen molar-refractivity contribution in [2.75, 3.05) is 48.3 Å². The van der Waals surface area contributed by atoms with Crippen LogP contribution < -0.4 is 15.5 Å². The third-order valence-corrected chi connectivity index (χ3v) is 4.52. The quantitative estimate of drug-likeness (QED) is 0.866. The van der Waals surface area contributed by atoms with E-state index in [4.69, 9.17) is 0 Å². The molecule has 7 nitrogen and oxygen atoms in total. The number of fused-ring (bicyclic) bond motifs is 1. The molecule has 2 N–H and O–H groups in total. The highest BCUT2D eigenvalue weighted by atomic mass is 16.2. The third kappa shape index (κ3) is 3.13. The van der Waals surface area contributed by atoms with Gasteiger partial charge in [-0.2, -0.15) is 0 Å². The molecule has 4 rings (SSSR count). The Morgan fingerprint density at radius 3 is 2.64 bits per heavy atom. The van der Waals surface area contributed by atoms with E-state index in [1.165, 1.54) is 0 Å². The maximum Gasteiger partial charge on any atom is 0.254 e. The molecular weight excluding hydrogens is 318 g/mol. The highest BCUT2D eigenvalue weighted by Gasteiger charge is 2.24. The molecule has 3 heterocycles. The number of benzene rings is 1. The van der Waals surface area contributed by atoms with Crippen LogP contribution in [-0.2, 0) is 4.79 Å². The lowest BCUT2D eigenvalue weighted by Gasteiger charge is -2.35. The predicted molar refractivity (Wildman–Crippen MR) is 95.9 cm³/mol. The summed E-state index contributed by atoms with van der Waals surface area (Å²) in [5.74, 6) is 0.835. The number of anilines is 3. The summed E-state index contributed by atoms with van der Waals surface area (Å²) in [5, 5.41) is 5.83. The summed E-state index contributed by atoms with van der Waals surface area (Å²) in [7, 11) is 0. The fourth-order valence-corrected chi connectivity index (χ4v) is 3.17. The van der Waals surface area contributed by atoms with Crippen molar-refractivity contribution in [2.24, 2.45) is 0 Å². The number of hydrogen-bond acceptors (Lipinski definition) is 5. The number of nitrogens with zero attached hydrogens (tertiary/aromatic N) is 3. The fraction of sp³-hybridized carbons (Fsp3) is 0.278. The fourth-order valence-electron chi connectivity index (χ4n) is 3.17. The van der Waals surface area contributed by atoms with Crippen molar-refractivity contribution >= 4 is 29.0 Å². The van der Waals surface area contributed by atoms with E-state index in [9.17, 15) is 9.59 Å². The molecule has 0 radical (unpaired) electrons. The number of amides is 2. The van der Waals surface area contributed by atoms with Gasteiger partial charge in [0, 0.05) is 37.9 Å². The van der Waals surface area contributed by atoms with Crippen LogP contribution in [0.2, 0.25) is 0 Å². The third-order valence-electron chi connectivity index (χ3n) is 4.52. The highest BCUT2D eigenvalue weighted by molar-refractivity contribution is 6.03. The van der Waals surface area contributed by atoms with Gasteiger partial charge in [0.25, 0.3) is 5.91 Å². The second-order valence-corrected chi connectivity index (χ2v) is 6.13. The number of aromatic nitrogens is 1. The lowest BCUT2D eigenvalue weighted by atomic mass is 10.1. The van der Waals surface area contributed by atoms with Gasteiger partial charge in [-0.15, -0.1) is 0 Å². The van der Waals surface area contributed by atoms with E-state index in [1.807, 2.05) is 29.2 Å². The van der Waals surface area contributed by atoms with Crippen LogP contribution in [0.4, 0.5) is 17.2 Å². The summed E-state index contributed by atoms with van der Waals surface area (Å²) in [6.07, 6.45) is 1.78. The zero-order chi connectivity index (χ0) is 17.2. The molecule has 128 valence electrons. The normalized spacial score (nSPS) is 16.7.